The van der Waals surface area contributed by atoms with Gasteiger partial charge >= 0.3 is 0 Å². The molecular weight excluding hydrogens is 250 g/mol. The van der Waals surface area contributed by atoms with Crippen LogP contribution in [0.2, 0.25) is 0 Å². The van der Waals surface area contributed by atoms with E-state index >= 15 is 0 Å². The molecule has 5 nitrogen and oxygen atoms in total. The minimum Gasteiger partial charge on any atom is -0.398 e. The third-order valence-electron chi connectivity index (χ3n) is 3.55. The van der Waals surface area contributed by atoms with Crippen molar-refractivity contribution in [2.45, 2.75) is 33.4 Å². The van der Waals surface area contributed by atoms with Gasteiger partial charge in [-0.1, -0.05) is 13.0 Å². The molecule has 0 saturated heterocycles. The molecule has 0 radical (unpaired) electrons. The summed E-state index contributed by atoms with van der Waals surface area (Å²) in [5.41, 5.74) is 10.0. The largest absolute Gasteiger partial charge is 0.398 e. The Kier molecular flexibility index (Phi) is 3.18. The average molecular weight is 269 g/mol. The Bertz CT molecular complexity index is 738. The molecule has 2 aromatic heterocycles. The summed E-state index contributed by atoms with van der Waals surface area (Å²) >= 11 is 0. The van der Waals surface area contributed by atoms with E-state index in [1.54, 1.807) is 0 Å². The molecule has 3 rings (SSSR count). The lowest BCUT2D eigenvalue weighted by atomic mass is 10.1. The number of hydrogen-bond acceptors (Lipinski definition) is 3. The van der Waals surface area contributed by atoms with Gasteiger partial charge in [-0.15, -0.1) is 0 Å². The fourth-order valence-corrected chi connectivity index (χ4v) is 2.52. The molecule has 3 aromatic rings. The Hall–Kier alpha value is -2.30. The summed E-state index contributed by atoms with van der Waals surface area (Å²) in [5, 5.41) is 10.3. The molecule has 0 bridgehead atoms. The van der Waals surface area contributed by atoms with Gasteiger partial charge in [0.1, 0.15) is 0 Å². The Morgan fingerprint density at radius 1 is 1.15 bits per heavy atom. The summed E-state index contributed by atoms with van der Waals surface area (Å²) in [6, 6.07) is 8.00. The highest BCUT2D eigenvalue weighted by Gasteiger charge is 2.12. The van der Waals surface area contributed by atoms with Crippen molar-refractivity contribution in [3.05, 3.63) is 41.9 Å². The van der Waals surface area contributed by atoms with E-state index in [2.05, 4.69) is 30.1 Å². The molecule has 5 heteroatoms. The maximum absolute atomic E-state index is 6.09. The molecule has 1 aromatic carbocycles. The predicted octanol–water partition coefficient (Wildman–Crippen LogP) is 2.45. The molecule has 0 aliphatic rings. The highest BCUT2D eigenvalue weighted by atomic mass is 15.3. The van der Waals surface area contributed by atoms with Crippen LogP contribution < -0.4 is 5.73 Å². The lowest BCUT2D eigenvalue weighted by Crippen LogP contribution is -2.04. The van der Waals surface area contributed by atoms with E-state index in [-0.39, 0.29) is 0 Å². The number of nitrogens with two attached hydrogens (primary N) is 1. The minimum atomic E-state index is 0.674. The fourth-order valence-electron chi connectivity index (χ4n) is 2.52. The smallest absolute Gasteiger partial charge is 0.0857 e. The van der Waals surface area contributed by atoms with Gasteiger partial charge in [0.05, 0.1) is 23.4 Å². The predicted molar refractivity (Wildman–Crippen MR) is 80.5 cm³/mol. The van der Waals surface area contributed by atoms with Gasteiger partial charge in [-0.2, -0.15) is 10.2 Å². The van der Waals surface area contributed by atoms with Gasteiger partial charge in [-0.3, -0.25) is 9.36 Å². The molecule has 0 fully saturated rings. The van der Waals surface area contributed by atoms with Gasteiger partial charge in [-0.05, 0) is 31.5 Å². The van der Waals surface area contributed by atoms with Crippen LogP contribution in [-0.4, -0.2) is 19.6 Å². The molecule has 2 N–H and O–H groups in total. The monoisotopic (exact) mass is 269 g/mol. The van der Waals surface area contributed by atoms with Crippen molar-refractivity contribution >= 4 is 16.6 Å². The van der Waals surface area contributed by atoms with Crippen LogP contribution in [0, 0.1) is 0 Å². The number of aryl methyl sites for hydroxylation is 2. The van der Waals surface area contributed by atoms with Gasteiger partial charge in [0.25, 0.3) is 0 Å². The zero-order valence-corrected chi connectivity index (χ0v) is 11.9. The Morgan fingerprint density at radius 3 is 2.70 bits per heavy atom. The van der Waals surface area contributed by atoms with Crippen LogP contribution >= 0.6 is 0 Å². The Balaban J connectivity index is 2.05. The van der Waals surface area contributed by atoms with Crippen LogP contribution in [0.25, 0.3) is 10.9 Å². The molecule has 0 unspecified atom stereocenters. The van der Waals surface area contributed by atoms with Gasteiger partial charge in [-0.25, -0.2) is 0 Å². The van der Waals surface area contributed by atoms with Crippen molar-refractivity contribution in [3.8, 4) is 0 Å². The Labute approximate surface area is 118 Å². The SMILES string of the molecule is CCc1nn(Cc2ccn(CC)n2)c2cccc(N)c12. The summed E-state index contributed by atoms with van der Waals surface area (Å²) in [7, 11) is 0. The van der Waals surface area contributed by atoms with Gasteiger partial charge < -0.3 is 5.73 Å². The molecule has 0 atom stereocenters. The van der Waals surface area contributed by atoms with E-state index in [1.807, 2.05) is 33.8 Å². The number of benzene rings is 1. The molecule has 0 saturated carbocycles. The second-order valence-corrected chi connectivity index (χ2v) is 4.86. The van der Waals surface area contributed by atoms with Crippen molar-refractivity contribution in [1.82, 2.24) is 19.6 Å². The fraction of sp³-hybridized carbons (Fsp3) is 0.333. The summed E-state index contributed by atoms with van der Waals surface area (Å²) < 4.78 is 3.92. The van der Waals surface area contributed by atoms with Crippen molar-refractivity contribution in [1.29, 1.82) is 0 Å². The Morgan fingerprint density at radius 2 is 2.00 bits per heavy atom. The minimum absolute atomic E-state index is 0.674. The molecule has 20 heavy (non-hydrogen) atoms. The lowest BCUT2D eigenvalue weighted by Gasteiger charge is -2.01. The molecule has 0 aliphatic heterocycles. The maximum Gasteiger partial charge on any atom is 0.0857 e. The summed E-state index contributed by atoms with van der Waals surface area (Å²) in [6.45, 7) is 5.74. The molecule has 0 spiro atoms. The first-order valence-corrected chi connectivity index (χ1v) is 6.99. The second kappa shape index (κ2) is 5.00. The highest BCUT2D eigenvalue weighted by molar-refractivity contribution is 5.93. The topological polar surface area (TPSA) is 61.7 Å². The average Bonchev–Trinajstić information content (AvgIpc) is 3.05. The van der Waals surface area contributed by atoms with Crippen LogP contribution in [0.5, 0.6) is 0 Å². The molecule has 0 aliphatic carbocycles. The maximum atomic E-state index is 6.09. The zero-order chi connectivity index (χ0) is 14.1. The van der Waals surface area contributed by atoms with E-state index in [0.29, 0.717) is 6.54 Å². The number of hydrogen-bond donors (Lipinski definition) is 1. The van der Waals surface area contributed by atoms with Crippen molar-refractivity contribution in [2.75, 3.05) is 5.73 Å². The van der Waals surface area contributed by atoms with Crippen LogP contribution in [0.1, 0.15) is 25.2 Å². The first-order chi connectivity index (χ1) is 9.72. The summed E-state index contributed by atoms with van der Waals surface area (Å²) in [5.74, 6) is 0. The summed E-state index contributed by atoms with van der Waals surface area (Å²) in [4.78, 5) is 0. The molecular formula is C15H19N5. The molecule has 2 heterocycles. The van der Waals surface area contributed by atoms with E-state index < -0.39 is 0 Å². The number of rotatable bonds is 4. The van der Waals surface area contributed by atoms with Crippen LogP contribution in [-0.2, 0) is 19.5 Å². The number of anilines is 1. The standard InChI is InChI=1S/C15H19N5/c1-3-13-15-12(16)6-5-7-14(15)20(18-13)10-11-8-9-19(4-2)17-11/h5-9H,3-4,10,16H2,1-2H3. The molecule has 0 amide bonds. The highest BCUT2D eigenvalue weighted by Crippen LogP contribution is 2.25. The zero-order valence-electron chi connectivity index (χ0n) is 11.9. The quantitative estimate of drug-likeness (QED) is 0.740. The van der Waals surface area contributed by atoms with Crippen LogP contribution in [0.4, 0.5) is 5.69 Å². The molecule has 104 valence electrons. The normalized spacial score (nSPS) is 11.3. The first-order valence-electron chi connectivity index (χ1n) is 6.99. The van der Waals surface area contributed by atoms with Gasteiger partial charge in [0.2, 0.25) is 0 Å². The van der Waals surface area contributed by atoms with Crippen LogP contribution in [0.3, 0.4) is 0 Å². The third-order valence-corrected chi connectivity index (χ3v) is 3.55. The number of nitrogens with zero attached hydrogens (tertiary/aromatic N) is 4. The number of nitrogen functional groups attached to an aromatic ring is 1. The van der Waals surface area contributed by atoms with E-state index in [4.69, 9.17) is 5.73 Å². The number of fused-ring (bicyclic) bond motifs is 1. The van der Waals surface area contributed by atoms with Gasteiger partial charge in [0, 0.05) is 23.8 Å². The first kappa shape index (κ1) is 12.7. The van der Waals surface area contributed by atoms with Gasteiger partial charge in [0.15, 0.2) is 0 Å². The number of aromatic nitrogens is 4. The van der Waals surface area contributed by atoms with Crippen molar-refractivity contribution in [2.24, 2.45) is 0 Å². The second-order valence-electron chi connectivity index (χ2n) is 4.86. The van der Waals surface area contributed by atoms with Crippen molar-refractivity contribution < 1.29 is 0 Å². The lowest BCUT2D eigenvalue weighted by molar-refractivity contribution is 0.620. The summed E-state index contributed by atoms with van der Waals surface area (Å²) in [6.07, 6.45) is 2.87. The van der Waals surface area contributed by atoms with E-state index in [9.17, 15) is 0 Å². The van der Waals surface area contributed by atoms with Crippen molar-refractivity contribution in [3.63, 3.8) is 0 Å². The third kappa shape index (κ3) is 2.05. The van der Waals surface area contributed by atoms with Crippen LogP contribution in [0.15, 0.2) is 30.5 Å². The van der Waals surface area contributed by atoms with E-state index in [1.165, 1.54) is 0 Å². The van der Waals surface area contributed by atoms with E-state index in [0.717, 1.165) is 40.9 Å².